The average Bonchev–Trinajstić information content (AvgIpc) is 3.04. The minimum atomic E-state index is -1.54. The minimum absolute atomic E-state index is 0.123. The summed E-state index contributed by atoms with van der Waals surface area (Å²) in [5.41, 5.74) is 5.71. The Hall–Kier alpha value is -4.28. The van der Waals surface area contributed by atoms with Crippen LogP contribution >= 0.6 is 0 Å². The Morgan fingerprint density at radius 1 is 0.644 bits per heavy atom. The molecule has 9 heteroatoms. The van der Waals surface area contributed by atoms with E-state index < -0.39 is 7.12 Å². The quantitative estimate of drug-likeness (QED) is 0.0501. The van der Waals surface area contributed by atoms with Gasteiger partial charge in [-0.15, -0.1) is 0 Å². The molecule has 0 aliphatic carbocycles. The zero-order valence-corrected chi connectivity index (χ0v) is 26.2. The van der Waals surface area contributed by atoms with Crippen LogP contribution in [0.5, 0.6) is 0 Å². The summed E-state index contributed by atoms with van der Waals surface area (Å²) < 4.78 is 0. The van der Waals surface area contributed by atoms with Crippen LogP contribution in [0.15, 0.2) is 91.0 Å². The molecule has 234 valence electrons. The van der Waals surface area contributed by atoms with Gasteiger partial charge < -0.3 is 31.3 Å². The molecule has 0 fully saturated rings. The van der Waals surface area contributed by atoms with Gasteiger partial charge in [-0.25, -0.2) is 0 Å². The molecular weight excluding hydrogens is 563 g/mol. The monoisotopic (exact) mass is 606 g/mol. The maximum atomic E-state index is 11.8. The average molecular weight is 607 g/mol. The molecule has 0 aromatic heterocycles. The largest absolute Gasteiger partial charge is 0.488 e. The van der Waals surface area contributed by atoms with E-state index in [4.69, 9.17) is 0 Å². The number of benzene rings is 4. The second-order valence-corrected chi connectivity index (χ2v) is 11.4. The van der Waals surface area contributed by atoms with Crippen LogP contribution in [-0.2, 0) is 22.7 Å². The fourth-order valence-electron chi connectivity index (χ4n) is 5.36. The van der Waals surface area contributed by atoms with Crippen LogP contribution in [-0.4, -0.2) is 55.2 Å². The Morgan fingerprint density at radius 2 is 1.16 bits per heavy atom. The molecule has 0 atom stereocenters. The molecule has 0 spiro atoms. The van der Waals surface area contributed by atoms with Crippen molar-refractivity contribution in [2.45, 2.75) is 39.8 Å². The van der Waals surface area contributed by atoms with E-state index >= 15 is 0 Å². The predicted octanol–water partition coefficient (Wildman–Crippen LogP) is 3.68. The molecule has 0 unspecified atom stereocenters. The molecule has 0 bridgehead atoms. The van der Waals surface area contributed by atoms with E-state index in [1.165, 1.54) is 16.5 Å². The van der Waals surface area contributed by atoms with E-state index in [1.54, 1.807) is 26.0 Å². The maximum absolute atomic E-state index is 11.8. The van der Waals surface area contributed by atoms with E-state index in [2.05, 4.69) is 76.9 Å². The molecule has 0 radical (unpaired) electrons. The molecule has 0 heterocycles. The molecule has 8 nitrogen and oxygen atoms in total. The van der Waals surface area contributed by atoms with Gasteiger partial charge in [-0.3, -0.25) is 9.59 Å². The second-order valence-electron chi connectivity index (χ2n) is 11.4. The van der Waals surface area contributed by atoms with Gasteiger partial charge in [0, 0.05) is 37.3 Å². The van der Waals surface area contributed by atoms with E-state index in [0.29, 0.717) is 42.8 Å². The predicted molar refractivity (Wildman–Crippen MR) is 185 cm³/mol. The highest BCUT2D eigenvalue weighted by Gasteiger charge is 2.16. The summed E-state index contributed by atoms with van der Waals surface area (Å²) >= 11 is 0. The number of hydrogen-bond acceptors (Lipinski definition) is 6. The van der Waals surface area contributed by atoms with Crippen LogP contribution in [0.25, 0.3) is 32.7 Å². The Balaban J connectivity index is 1.64. The molecule has 45 heavy (non-hydrogen) atoms. The highest BCUT2D eigenvalue weighted by atomic mass is 16.4. The van der Waals surface area contributed by atoms with Crippen LogP contribution in [0.1, 0.15) is 37.8 Å². The van der Waals surface area contributed by atoms with Crippen molar-refractivity contribution in [3.63, 3.8) is 0 Å². The van der Waals surface area contributed by atoms with Gasteiger partial charge in [0.2, 0.25) is 11.8 Å². The van der Waals surface area contributed by atoms with Crippen molar-refractivity contribution >= 4 is 45.9 Å². The lowest BCUT2D eigenvalue weighted by Crippen LogP contribution is -2.29. The number of rotatable bonds is 16. The standard InChI is InChI=1S/C36H43BN4O4/c1-24(2)35(42)40-18-8-16-38-22-33-29-12-5-6-13-30(29)34(23-39-17-9-19-41-36(43)25(3)4)32-21-27(14-15-31(32)33)26-10-7-11-28(20-26)37(44)45/h5-7,10-15,20-21,38-39,44-45H,1,3,8-9,16-19,22-23H2,2,4H3,(H,40,42)(H,41,43). The lowest BCUT2D eigenvalue weighted by atomic mass is 9.79. The second kappa shape index (κ2) is 16.2. The van der Waals surface area contributed by atoms with E-state index in [9.17, 15) is 19.6 Å². The van der Waals surface area contributed by atoms with Crippen LogP contribution in [0.3, 0.4) is 0 Å². The van der Waals surface area contributed by atoms with Crippen LogP contribution in [0.2, 0.25) is 0 Å². The fourth-order valence-corrected chi connectivity index (χ4v) is 5.36. The SMILES string of the molecule is C=C(C)C(=O)NCCCNCc1c2ccccc2c(CNCCCNC(=O)C(=C)C)c2cc(-c3cccc(B(O)O)c3)ccc12. The lowest BCUT2D eigenvalue weighted by Gasteiger charge is -2.19. The number of carbonyl (C=O) groups is 2. The summed E-state index contributed by atoms with van der Waals surface area (Å²) in [5.74, 6) is -0.249. The van der Waals surface area contributed by atoms with Crippen molar-refractivity contribution < 1.29 is 19.6 Å². The smallest absolute Gasteiger partial charge is 0.423 e. The first-order valence-electron chi connectivity index (χ1n) is 15.4. The minimum Gasteiger partial charge on any atom is -0.423 e. The van der Waals surface area contributed by atoms with Crippen molar-refractivity contribution in [3.8, 4) is 11.1 Å². The lowest BCUT2D eigenvalue weighted by molar-refractivity contribution is -0.118. The van der Waals surface area contributed by atoms with Crippen molar-refractivity contribution in [1.82, 2.24) is 21.3 Å². The zero-order chi connectivity index (χ0) is 32.3. The number of fused-ring (bicyclic) bond motifs is 2. The third kappa shape index (κ3) is 8.89. The first-order chi connectivity index (χ1) is 21.7. The van der Waals surface area contributed by atoms with E-state index in [0.717, 1.165) is 53.2 Å². The third-order valence-electron chi connectivity index (χ3n) is 7.78. The van der Waals surface area contributed by atoms with Crippen LogP contribution in [0, 0.1) is 0 Å². The van der Waals surface area contributed by atoms with E-state index in [1.807, 2.05) is 12.1 Å². The van der Waals surface area contributed by atoms with Gasteiger partial charge in [-0.05, 0) is 95.1 Å². The number of carbonyl (C=O) groups excluding carboxylic acids is 2. The maximum Gasteiger partial charge on any atom is 0.488 e. The summed E-state index contributed by atoms with van der Waals surface area (Å²) in [6.45, 7) is 14.7. The van der Waals surface area contributed by atoms with E-state index in [-0.39, 0.29) is 11.8 Å². The molecule has 4 aromatic rings. The van der Waals surface area contributed by atoms with Gasteiger partial charge in [0.05, 0.1) is 0 Å². The summed E-state index contributed by atoms with van der Waals surface area (Å²) in [6, 6.07) is 22.2. The molecule has 0 saturated carbocycles. The molecular formula is C36H43BN4O4. The van der Waals surface area contributed by atoms with Gasteiger partial charge >= 0.3 is 7.12 Å². The van der Waals surface area contributed by atoms with Gasteiger partial charge in [-0.2, -0.15) is 0 Å². The van der Waals surface area contributed by atoms with Gasteiger partial charge in [0.25, 0.3) is 0 Å². The summed E-state index contributed by atoms with van der Waals surface area (Å²) in [7, 11) is -1.54. The first-order valence-corrected chi connectivity index (χ1v) is 15.4. The molecule has 0 saturated heterocycles. The fraction of sp³-hybridized carbons (Fsp3) is 0.278. The van der Waals surface area contributed by atoms with Gasteiger partial charge in [0.15, 0.2) is 0 Å². The number of amides is 2. The van der Waals surface area contributed by atoms with Crippen molar-refractivity contribution in [2.75, 3.05) is 26.2 Å². The first kappa shape index (κ1) is 33.6. The van der Waals surface area contributed by atoms with Crippen molar-refractivity contribution in [2.24, 2.45) is 0 Å². The molecule has 4 aromatic carbocycles. The molecule has 4 rings (SSSR count). The molecule has 6 N–H and O–H groups in total. The Kier molecular flexibility index (Phi) is 12.1. The summed E-state index contributed by atoms with van der Waals surface area (Å²) in [5, 5.41) is 37.0. The normalized spacial score (nSPS) is 11.0. The van der Waals surface area contributed by atoms with Crippen LogP contribution < -0.4 is 26.7 Å². The zero-order valence-electron chi connectivity index (χ0n) is 26.2. The van der Waals surface area contributed by atoms with Gasteiger partial charge in [0.1, 0.15) is 0 Å². The Labute approximate surface area is 265 Å². The molecule has 0 aliphatic rings. The Bertz CT molecular complexity index is 1700. The molecule has 0 aliphatic heterocycles. The summed E-state index contributed by atoms with van der Waals surface area (Å²) in [4.78, 5) is 23.6. The highest BCUT2D eigenvalue weighted by molar-refractivity contribution is 6.58. The van der Waals surface area contributed by atoms with Crippen molar-refractivity contribution in [1.29, 1.82) is 0 Å². The highest BCUT2D eigenvalue weighted by Crippen LogP contribution is 2.35. The molecule has 2 amide bonds. The number of nitrogens with one attached hydrogen (secondary N) is 4. The number of hydrogen-bond donors (Lipinski definition) is 6. The summed E-state index contributed by atoms with van der Waals surface area (Å²) in [6.07, 6.45) is 1.58. The van der Waals surface area contributed by atoms with Crippen molar-refractivity contribution in [3.05, 3.63) is 102 Å². The third-order valence-corrected chi connectivity index (χ3v) is 7.78. The van der Waals surface area contributed by atoms with Gasteiger partial charge in [-0.1, -0.05) is 73.8 Å². The topological polar surface area (TPSA) is 123 Å². The van der Waals surface area contributed by atoms with Crippen LogP contribution in [0.4, 0.5) is 0 Å². The Morgan fingerprint density at radius 3 is 1.69 bits per heavy atom.